The molecule has 120 valence electrons. The Morgan fingerprint density at radius 2 is 2.14 bits per heavy atom. The average molecular weight is 305 g/mol. The molecule has 2 N–H and O–H groups in total. The highest BCUT2D eigenvalue weighted by Crippen LogP contribution is 2.15. The molecule has 1 aromatic carbocycles. The number of rotatable bonds is 6. The van der Waals surface area contributed by atoms with Gasteiger partial charge in [0.05, 0.1) is 13.8 Å². The molecule has 0 saturated carbocycles. The van der Waals surface area contributed by atoms with Crippen LogP contribution >= 0.6 is 0 Å². The predicted molar refractivity (Wildman–Crippen MR) is 84.7 cm³/mol. The van der Waals surface area contributed by atoms with E-state index in [-0.39, 0.29) is 24.4 Å². The van der Waals surface area contributed by atoms with Gasteiger partial charge in [0.25, 0.3) is 0 Å². The lowest BCUT2D eigenvalue weighted by atomic mass is 10.1. The van der Waals surface area contributed by atoms with Crippen LogP contribution in [0.5, 0.6) is 5.75 Å². The van der Waals surface area contributed by atoms with Gasteiger partial charge in [-0.2, -0.15) is 0 Å². The van der Waals surface area contributed by atoms with Gasteiger partial charge in [0.2, 0.25) is 11.8 Å². The largest absolute Gasteiger partial charge is 0.497 e. The Morgan fingerprint density at radius 1 is 1.41 bits per heavy atom. The highest BCUT2D eigenvalue weighted by atomic mass is 16.5. The molecular formula is C16H23N3O3. The second kappa shape index (κ2) is 7.79. The number of ether oxygens (including phenoxy) is 1. The van der Waals surface area contributed by atoms with Crippen LogP contribution in [0.4, 0.5) is 5.69 Å². The van der Waals surface area contributed by atoms with Gasteiger partial charge in [-0.15, -0.1) is 0 Å². The highest BCUT2D eigenvalue weighted by molar-refractivity contribution is 5.94. The van der Waals surface area contributed by atoms with Crippen LogP contribution in [0.15, 0.2) is 24.3 Å². The summed E-state index contributed by atoms with van der Waals surface area (Å²) >= 11 is 0. The molecule has 1 fully saturated rings. The molecule has 2 amide bonds. The number of anilines is 1. The molecule has 1 aromatic rings. The van der Waals surface area contributed by atoms with Crippen molar-refractivity contribution in [1.82, 2.24) is 10.2 Å². The lowest BCUT2D eigenvalue weighted by Crippen LogP contribution is -2.52. The summed E-state index contributed by atoms with van der Waals surface area (Å²) in [5.74, 6) is 0.562. The van der Waals surface area contributed by atoms with Crippen LogP contribution in [0.1, 0.15) is 26.2 Å². The molecule has 0 spiro atoms. The Labute approximate surface area is 130 Å². The zero-order valence-corrected chi connectivity index (χ0v) is 13.1. The number of amides is 2. The molecule has 1 aliphatic heterocycles. The minimum absolute atomic E-state index is 0.0297. The first-order valence-electron chi connectivity index (χ1n) is 7.57. The zero-order valence-electron chi connectivity index (χ0n) is 13.1. The van der Waals surface area contributed by atoms with Crippen molar-refractivity contribution in [2.75, 3.05) is 25.6 Å². The molecule has 6 nitrogen and oxygen atoms in total. The number of benzene rings is 1. The molecule has 0 aliphatic carbocycles. The molecule has 1 aliphatic rings. The fourth-order valence-corrected chi connectivity index (χ4v) is 2.48. The van der Waals surface area contributed by atoms with E-state index in [4.69, 9.17) is 4.74 Å². The Balaban J connectivity index is 1.82. The van der Waals surface area contributed by atoms with Crippen molar-refractivity contribution in [1.29, 1.82) is 0 Å². The van der Waals surface area contributed by atoms with E-state index in [1.807, 2.05) is 0 Å². The molecule has 1 heterocycles. The molecule has 0 aromatic heterocycles. The fourth-order valence-electron chi connectivity index (χ4n) is 2.48. The summed E-state index contributed by atoms with van der Waals surface area (Å²) in [5.41, 5.74) is 0.687. The van der Waals surface area contributed by atoms with Crippen LogP contribution in [0.3, 0.4) is 0 Å². The Bertz CT molecular complexity index is 516. The maximum atomic E-state index is 12.0. The third-order valence-corrected chi connectivity index (χ3v) is 3.69. The van der Waals surface area contributed by atoms with Crippen LogP contribution in [0, 0.1) is 0 Å². The van der Waals surface area contributed by atoms with Crippen molar-refractivity contribution in [3.05, 3.63) is 24.3 Å². The average Bonchev–Trinajstić information content (AvgIpc) is 2.51. The van der Waals surface area contributed by atoms with E-state index < -0.39 is 0 Å². The van der Waals surface area contributed by atoms with Crippen molar-refractivity contribution < 1.29 is 14.3 Å². The van der Waals surface area contributed by atoms with Gasteiger partial charge in [-0.25, -0.2) is 0 Å². The molecule has 1 saturated heterocycles. The fraction of sp³-hybridized carbons (Fsp3) is 0.500. The Hall–Kier alpha value is -2.08. The number of hydrogen-bond acceptors (Lipinski definition) is 4. The van der Waals surface area contributed by atoms with Gasteiger partial charge in [0, 0.05) is 18.2 Å². The zero-order chi connectivity index (χ0) is 15.9. The first-order chi connectivity index (χ1) is 10.6. The topological polar surface area (TPSA) is 70.7 Å². The van der Waals surface area contributed by atoms with E-state index in [0.717, 1.165) is 18.6 Å². The second-order valence-electron chi connectivity index (χ2n) is 5.42. The van der Waals surface area contributed by atoms with Crippen LogP contribution in [0.25, 0.3) is 0 Å². The van der Waals surface area contributed by atoms with Crippen molar-refractivity contribution in [2.45, 2.75) is 32.2 Å². The summed E-state index contributed by atoms with van der Waals surface area (Å²) in [6, 6.07) is 7.32. The van der Waals surface area contributed by atoms with E-state index >= 15 is 0 Å². The lowest BCUT2D eigenvalue weighted by molar-refractivity contribution is -0.138. The molecule has 1 atom stereocenters. The van der Waals surface area contributed by atoms with Gasteiger partial charge in [-0.3, -0.25) is 14.9 Å². The summed E-state index contributed by atoms with van der Waals surface area (Å²) in [7, 11) is 1.59. The smallest absolute Gasteiger partial charge is 0.244 e. The quantitative estimate of drug-likeness (QED) is 0.837. The maximum Gasteiger partial charge on any atom is 0.244 e. The molecule has 1 unspecified atom stereocenters. The van der Waals surface area contributed by atoms with Crippen molar-refractivity contribution in [2.24, 2.45) is 0 Å². The van der Waals surface area contributed by atoms with E-state index in [1.165, 1.54) is 0 Å². The third kappa shape index (κ3) is 4.46. The number of carbonyl (C=O) groups is 2. The number of nitrogens with zero attached hydrogens (tertiary/aromatic N) is 1. The number of methoxy groups -OCH3 is 1. The Kier molecular flexibility index (Phi) is 5.77. The van der Waals surface area contributed by atoms with Crippen LogP contribution in [-0.2, 0) is 9.59 Å². The van der Waals surface area contributed by atoms with Gasteiger partial charge in [-0.05, 0) is 30.7 Å². The number of nitrogens with one attached hydrogen (secondary N) is 2. The summed E-state index contributed by atoms with van der Waals surface area (Å²) in [4.78, 5) is 25.6. The van der Waals surface area contributed by atoms with E-state index in [9.17, 15) is 9.59 Å². The summed E-state index contributed by atoms with van der Waals surface area (Å²) in [6.07, 6.45) is 2.49. The lowest BCUT2D eigenvalue weighted by Gasteiger charge is -2.32. The molecule has 2 rings (SSSR count). The Morgan fingerprint density at radius 3 is 2.73 bits per heavy atom. The van der Waals surface area contributed by atoms with Crippen LogP contribution < -0.4 is 15.4 Å². The molecule has 22 heavy (non-hydrogen) atoms. The van der Waals surface area contributed by atoms with Crippen molar-refractivity contribution in [3.8, 4) is 5.75 Å². The SMILES string of the molecule is CCCC1CC(=O)N(CC(=O)Nc2ccc(OC)cc2)CN1. The predicted octanol–water partition coefficient (Wildman–Crippen LogP) is 1.58. The molecular weight excluding hydrogens is 282 g/mol. The van der Waals surface area contributed by atoms with Crippen LogP contribution in [-0.4, -0.2) is 43.1 Å². The first-order valence-corrected chi connectivity index (χ1v) is 7.57. The standard InChI is InChI=1S/C16H23N3O3/c1-3-4-13-9-16(21)19(11-17-13)10-15(20)18-12-5-7-14(22-2)8-6-12/h5-8,13,17H,3-4,9-11H2,1-2H3,(H,18,20). The third-order valence-electron chi connectivity index (χ3n) is 3.69. The summed E-state index contributed by atoms with van der Waals surface area (Å²) < 4.78 is 5.07. The second-order valence-corrected chi connectivity index (χ2v) is 5.42. The van der Waals surface area contributed by atoms with Crippen molar-refractivity contribution in [3.63, 3.8) is 0 Å². The van der Waals surface area contributed by atoms with E-state index in [2.05, 4.69) is 17.6 Å². The van der Waals surface area contributed by atoms with E-state index in [0.29, 0.717) is 18.8 Å². The van der Waals surface area contributed by atoms with E-state index in [1.54, 1.807) is 36.3 Å². The van der Waals surface area contributed by atoms with Crippen LogP contribution in [0.2, 0.25) is 0 Å². The normalized spacial score (nSPS) is 18.2. The highest BCUT2D eigenvalue weighted by Gasteiger charge is 2.25. The molecule has 0 radical (unpaired) electrons. The minimum Gasteiger partial charge on any atom is -0.497 e. The van der Waals surface area contributed by atoms with Gasteiger partial charge in [-0.1, -0.05) is 13.3 Å². The molecule has 6 heteroatoms. The number of carbonyl (C=O) groups excluding carboxylic acids is 2. The summed E-state index contributed by atoms with van der Waals surface area (Å²) in [5, 5.41) is 6.07. The van der Waals surface area contributed by atoms with Gasteiger partial charge >= 0.3 is 0 Å². The molecule has 0 bridgehead atoms. The van der Waals surface area contributed by atoms with Crippen molar-refractivity contribution >= 4 is 17.5 Å². The van der Waals surface area contributed by atoms with Gasteiger partial charge in [0.15, 0.2) is 0 Å². The van der Waals surface area contributed by atoms with Gasteiger partial charge < -0.3 is 15.0 Å². The minimum atomic E-state index is -0.200. The first kappa shape index (κ1) is 16.3. The number of hydrogen-bond donors (Lipinski definition) is 2. The maximum absolute atomic E-state index is 12.0. The monoisotopic (exact) mass is 305 g/mol. The van der Waals surface area contributed by atoms with Gasteiger partial charge in [0.1, 0.15) is 12.3 Å². The summed E-state index contributed by atoms with van der Waals surface area (Å²) in [6.45, 7) is 2.59.